The summed E-state index contributed by atoms with van der Waals surface area (Å²) in [6.07, 6.45) is 1.75. The van der Waals surface area contributed by atoms with Crippen LogP contribution in [0.1, 0.15) is 38.7 Å². The molecule has 0 fully saturated rings. The summed E-state index contributed by atoms with van der Waals surface area (Å²) in [6, 6.07) is 14.2. The molecule has 2 aromatic heterocycles. The van der Waals surface area contributed by atoms with Crippen LogP contribution < -0.4 is 10.7 Å². The molecule has 27 heavy (non-hydrogen) atoms. The van der Waals surface area contributed by atoms with E-state index in [0.717, 1.165) is 11.1 Å². The van der Waals surface area contributed by atoms with Crippen molar-refractivity contribution in [1.29, 1.82) is 0 Å². The molecule has 0 saturated carbocycles. The van der Waals surface area contributed by atoms with Crippen LogP contribution in [-0.2, 0) is 11.0 Å². The Morgan fingerprint density at radius 1 is 1.19 bits per heavy atom. The van der Waals surface area contributed by atoms with E-state index in [-0.39, 0.29) is 11.5 Å². The Labute approximate surface area is 160 Å². The predicted octanol–water partition coefficient (Wildman–Crippen LogP) is 4.00. The van der Waals surface area contributed by atoms with Gasteiger partial charge in [0.05, 0.1) is 21.3 Å². The highest BCUT2D eigenvalue weighted by molar-refractivity contribution is 7.84. The Balaban J connectivity index is 2.26. The molecule has 142 valence electrons. The zero-order chi connectivity index (χ0) is 19.8. The number of rotatable bonds is 5. The predicted molar refractivity (Wildman–Crippen MR) is 109 cm³/mol. The molecule has 0 bridgehead atoms. The third-order valence-corrected chi connectivity index (χ3v) is 6.16. The van der Waals surface area contributed by atoms with Crippen molar-refractivity contribution < 1.29 is 8.60 Å². The van der Waals surface area contributed by atoms with E-state index < -0.39 is 21.5 Å². The van der Waals surface area contributed by atoms with Crippen molar-refractivity contribution in [1.82, 2.24) is 4.40 Å². The molecular formula is C21H23FN2O2S. The number of pyridine rings is 2. The molecule has 0 spiro atoms. The molecule has 1 aromatic carbocycles. The minimum Gasteiger partial charge on any atom is -0.281 e. The quantitative estimate of drug-likeness (QED) is 0.720. The van der Waals surface area contributed by atoms with Gasteiger partial charge >= 0.3 is 0 Å². The fourth-order valence-corrected chi connectivity index (χ4v) is 3.88. The number of fused-ring (bicyclic) bond motifs is 1. The summed E-state index contributed by atoms with van der Waals surface area (Å²) in [7, 11) is -1.49. The van der Waals surface area contributed by atoms with Crippen molar-refractivity contribution in [3.8, 4) is 11.1 Å². The van der Waals surface area contributed by atoms with E-state index in [2.05, 4.69) is 0 Å². The Kier molecular flexibility index (Phi) is 5.31. The molecule has 2 heterocycles. The number of halogens is 1. The van der Waals surface area contributed by atoms with Gasteiger partial charge in [0, 0.05) is 11.7 Å². The number of hydrogen-bond donors (Lipinski definition) is 1. The van der Waals surface area contributed by atoms with Gasteiger partial charge in [0.1, 0.15) is 5.82 Å². The summed E-state index contributed by atoms with van der Waals surface area (Å²) < 4.78 is 26.3. The van der Waals surface area contributed by atoms with E-state index in [1.165, 1.54) is 16.7 Å². The molecule has 6 heteroatoms. The van der Waals surface area contributed by atoms with Crippen molar-refractivity contribution >= 4 is 16.5 Å². The number of nitrogens with zero attached hydrogens (tertiary/aromatic N) is 1. The molecule has 2 atom stereocenters. The van der Waals surface area contributed by atoms with E-state index in [1.54, 1.807) is 6.07 Å². The molecule has 0 amide bonds. The summed E-state index contributed by atoms with van der Waals surface area (Å²) in [5, 5.41) is 5.65. The normalized spacial score (nSPS) is 14.3. The first-order valence-corrected chi connectivity index (χ1v) is 9.98. The third-order valence-electron chi connectivity index (χ3n) is 4.90. The van der Waals surface area contributed by atoms with E-state index in [9.17, 15) is 13.4 Å². The van der Waals surface area contributed by atoms with Crippen molar-refractivity contribution in [2.24, 2.45) is 5.14 Å². The van der Waals surface area contributed by atoms with Crippen molar-refractivity contribution in [2.75, 3.05) is 0 Å². The summed E-state index contributed by atoms with van der Waals surface area (Å²) in [6.45, 7) is 5.70. The lowest BCUT2D eigenvalue weighted by Crippen LogP contribution is -2.33. The van der Waals surface area contributed by atoms with Crippen LogP contribution in [0, 0.1) is 5.82 Å². The van der Waals surface area contributed by atoms with Gasteiger partial charge in [0.25, 0.3) is 5.56 Å². The Bertz CT molecular complexity index is 1060. The molecule has 0 radical (unpaired) electrons. The minimum atomic E-state index is -1.49. The maximum atomic E-state index is 13.7. The van der Waals surface area contributed by atoms with Gasteiger partial charge < -0.3 is 0 Å². The van der Waals surface area contributed by atoms with E-state index in [1.807, 2.05) is 57.2 Å². The first-order chi connectivity index (χ1) is 12.7. The molecular weight excluding hydrogens is 363 g/mol. The highest BCUT2D eigenvalue weighted by atomic mass is 32.2. The van der Waals surface area contributed by atoms with Crippen LogP contribution >= 0.6 is 0 Å². The lowest BCUT2D eigenvalue weighted by Gasteiger charge is -2.26. The maximum absolute atomic E-state index is 13.7. The monoisotopic (exact) mass is 386 g/mol. The number of nitrogens with two attached hydrogens (primary N) is 1. The summed E-state index contributed by atoms with van der Waals surface area (Å²) in [5.41, 5.74) is 2.50. The highest BCUT2D eigenvalue weighted by Crippen LogP contribution is 2.34. The van der Waals surface area contributed by atoms with Crippen molar-refractivity contribution in [3.63, 3.8) is 0 Å². The van der Waals surface area contributed by atoms with Crippen molar-refractivity contribution in [2.45, 2.75) is 37.9 Å². The van der Waals surface area contributed by atoms with Gasteiger partial charge in [-0.1, -0.05) is 37.3 Å². The Morgan fingerprint density at radius 3 is 2.48 bits per heavy atom. The Hall–Kier alpha value is -2.31. The first kappa shape index (κ1) is 19.5. The third kappa shape index (κ3) is 3.87. The average molecular weight is 386 g/mol. The molecule has 0 aliphatic carbocycles. The number of benzene rings is 1. The first-order valence-electron chi connectivity index (χ1n) is 8.77. The average Bonchev–Trinajstić information content (AvgIpc) is 2.62. The van der Waals surface area contributed by atoms with Crippen LogP contribution in [0.3, 0.4) is 0 Å². The topological polar surface area (TPSA) is 64.6 Å². The van der Waals surface area contributed by atoms with Crippen LogP contribution in [0.5, 0.6) is 0 Å². The zero-order valence-electron chi connectivity index (χ0n) is 15.6. The smallest absolute Gasteiger partial charge is 0.263 e. The van der Waals surface area contributed by atoms with Crippen LogP contribution in [-0.4, -0.2) is 13.4 Å². The van der Waals surface area contributed by atoms with Crippen LogP contribution in [0.2, 0.25) is 0 Å². The standard InChI is InChI=1S/C21H23FN2O2S/c1-14(12-21(2,3)27(23)26)18-11-17-10-9-16(22)13-24(17)20(25)19(18)15-7-5-4-6-8-15/h4-11,13-14H,12,23H2,1-3H3/t14?,27-/m0/s1. The highest BCUT2D eigenvalue weighted by Gasteiger charge is 2.28. The zero-order valence-corrected chi connectivity index (χ0v) is 16.4. The van der Waals surface area contributed by atoms with E-state index in [0.29, 0.717) is 17.5 Å². The second-order valence-corrected chi connectivity index (χ2v) is 9.15. The molecule has 4 nitrogen and oxygen atoms in total. The summed E-state index contributed by atoms with van der Waals surface area (Å²) in [5.74, 6) is -0.533. The van der Waals surface area contributed by atoms with Gasteiger partial charge in [-0.2, -0.15) is 0 Å². The van der Waals surface area contributed by atoms with Gasteiger partial charge in [0.2, 0.25) is 0 Å². The van der Waals surface area contributed by atoms with Gasteiger partial charge in [-0.3, -0.25) is 14.3 Å². The molecule has 0 aliphatic heterocycles. The minimum absolute atomic E-state index is 0.0644. The molecule has 0 aliphatic rings. The fraction of sp³-hybridized carbons (Fsp3) is 0.286. The summed E-state index contributed by atoms with van der Waals surface area (Å²) >= 11 is 0. The van der Waals surface area contributed by atoms with Crippen LogP contribution in [0.4, 0.5) is 4.39 Å². The maximum Gasteiger partial charge on any atom is 0.263 e. The van der Waals surface area contributed by atoms with Crippen LogP contribution in [0.25, 0.3) is 16.6 Å². The number of hydrogen-bond acceptors (Lipinski definition) is 2. The number of aromatic nitrogens is 1. The van der Waals surface area contributed by atoms with Gasteiger partial charge in [-0.15, -0.1) is 0 Å². The lowest BCUT2D eigenvalue weighted by atomic mass is 9.86. The largest absolute Gasteiger partial charge is 0.281 e. The second kappa shape index (κ2) is 7.37. The second-order valence-electron chi connectivity index (χ2n) is 7.45. The van der Waals surface area contributed by atoms with Gasteiger partial charge in [-0.05, 0) is 55.5 Å². The SMILES string of the molecule is CC(CC(C)(C)[S@@](N)=O)c1cc2ccc(F)cn2c(=O)c1-c1ccccc1. The molecule has 2 N–H and O–H groups in total. The Morgan fingerprint density at radius 2 is 1.85 bits per heavy atom. The fourth-order valence-electron chi connectivity index (χ4n) is 3.47. The van der Waals surface area contributed by atoms with Crippen LogP contribution in [0.15, 0.2) is 59.5 Å². The van der Waals surface area contributed by atoms with Gasteiger partial charge in [0.15, 0.2) is 0 Å². The molecule has 1 unspecified atom stereocenters. The molecule has 3 aromatic rings. The molecule has 0 saturated heterocycles. The lowest BCUT2D eigenvalue weighted by molar-refractivity contribution is 0.541. The van der Waals surface area contributed by atoms with E-state index >= 15 is 0 Å². The summed E-state index contributed by atoms with van der Waals surface area (Å²) in [4.78, 5) is 13.2. The van der Waals surface area contributed by atoms with Crippen molar-refractivity contribution in [3.05, 3.63) is 76.5 Å². The molecule has 3 rings (SSSR count). The van der Waals surface area contributed by atoms with E-state index in [4.69, 9.17) is 5.14 Å². The van der Waals surface area contributed by atoms with Gasteiger partial charge in [-0.25, -0.2) is 8.60 Å².